The lowest BCUT2D eigenvalue weighted by Crippen LogP contribution is -1.78. The van der Waals surface area contributed by atoms with Crippen LogP contribution in [-0.4, -0.2) is 4.98 Å². The third-order valence-corrected chi connectivity index (χ3v) is 3.50. The maximum absolute atomic E-state index is 4.08. The van der Waals surface area contributed by atoms with Gasteiger partial charge in [0.25, 0.3) is 0 Å². The van der Waals surface area contributed by atoms with E-state index in [1.165, 1.54) is 27.8 Å². The van der Waals surface area contributed by atoms with Crippen molar-refractivity contribution >= 4 is 0 Å². The zero-order valence-electron chi connectivity index (χ0n) is 15.8. The molecule has 0 aliphatic heterocycles. The summed E-state index contributed by atoms with van der Waals surface area (Å²) in [4.78, 5) is 4.08. The standard InChI is InChI=1S/2C8H10.C7H9N/c2*1-7-3-5-8(2)6-4-7;1-6-3-4-7(2)8-5-6/h2*3-6H,1-2H3;3-5H,1-2H3. The molecule has 0 spiro atoms. The van der Waals surface area contributed by atoms with Crippen LogP contribution >= 0.6 is 0 Å². The molecular weight excluding hydrogens is 290 g/mol. The number of pyridine rings is 1. The van der Waals surface area contributed by atoms with Gasteiger partial charge in [0.15, 0.2) is 0 Å². The van der Waals surface area contributed by atoms with E-state index in [-0.39, 0.29) is 0 Å². The zero-order valence-corrected chi connectivity index (χ0v) is 15.8. The summed E-state index contributed by atoms with van der Waals surface area (Å²) < 4.78 is 0. The summed E-state index contributed by atoms with van der Waals surface area (Å²) in [6.07, 6.45) is 1.87. The van der Waals surface area contributed by atoms with Gasteiger partial charge in [-0.15, -0.1) is 0 Å². The Balaban J connectivity index is 0.000000180. The second-order valence-electron chi connectivity index (χ2n) is 6.29. The summed E-state index contributed by atoms with van der Waals surface area (Å²) in [5.74, 6) is 0. The van der Waals surface area contributed by atoms with Crippen molar-refractivity contribution in [1.29, 1.82) is 0 Å². The number of benzene rings is 2. The number of aryl methyl sites for hydroxylation is 6. The molecule has 1 heteroatoms. The van der Waals surface area contributed by atoms with Gasteiger partial charge < -0.3 is 0 Å². The average molecular weight is 319 g/mol. The summed E-state index contributed by atoms with van der Waals surface area (Å²) >= 11 is 0. The topological polar surface area (TPSA) is 12.9 Å². The van der Waals surface area contributed by atoms with Crippen LogP contribution in [0.2, 0.25) is 0 Å². The highest BCUT2D eigenvalue weighted by molar-refractivity contribution is 5.20. The number of nitrogens with zero attached hydrogens (tertiary/aromatic N) is 1. The molecule has 3 rings (SSSR count). The van der Waals surface area contributed by atoms with Gasteiger partial charge in [0, 0.05) is 11.9 Å². The Kier molecular flexibility index (Phi) is 8.49. The van der Waals surface area contributed by atoms with Crippen molar-refractivity contribution < 1.29 is 0 Å². The molecule has 0 aliphatic carbocycles. The van der Waals surface area contributed by atoms with E-state index in [1.54, 1.807) is 0 Å². The van der Waals surface area contributed by atoms with Gasteiger partial charge in [-0.1, -0.05) is 76.9 Å². The van der Waals surface area contributed by atoms with Crippen molar-refractivity contribution in [3.05, 3.63) is 100 Å². The molecule has 24 heavy (non-hydrogen) atoms. The van der Waals surface area contributed by atoms with Crippen LogP contribution in [0.1, 0.15) is 33.5 Å². The normalized spacial score (nSPS) is 9.25. The molecule has 0 N–H and O–H groups in total. The van der Waals surface area contributed by atoms with E-state index in [4.69, 9.17) is 0 Å². The summed E-state index contributed by atoms with van der Waals surface area (Å²) in [5, 5.41) is 0. The lowest BCUT2D eigenvalue weighted by Gasteiger charge is -1.90. The summed E-state index contributed by atoms with van der Waals surface area (Å²) in [6, 6.07) is 21.0. The fourth-order valence-corrected chi connectivity index (χ4v) is 1.82. The summed E-state index contributed by atoms with van der Waals surface area (Å²) in [5.41, 5.74) is 7.61. The van der Waals surface area contributed by atoms with E-state index in [2.05, 4.69) is 87.3 Å². The molecule has 0 saturated carbocycles. The van der Waals surface area contributed by atoms with Crippen LogP contribution < -0.4 is 0 Å². The minimum atomic E-state index is 1.08. The van der Waals surface area contributed by atoms with Gasteiger partial charge >= 0.3 is 0 Å². The van der Waals surface area contributed by atoms with Gasteiger partial charge in [-0.3, -0.25) is 4.98 Å². The molecule has 3 aromatic rings. The first-order valence-electron chi connectivity index (χ1n) is 8.32. The molecular formula is C23H29N. The molecule has 0 unspecified atom stereocenters. The smallest absolute Gasteiger partial charge is 0.0372 e. The maximum atomic E-state index is 4.08. The largest absolute Gasteiger partial charge is 0.261 e. The van der Waals surface area contributed by atoms with E-state index in [0.29, 0.717) is 0 Å². The fraction of sp³-hybridized carbons (Fsp3) is 0.261. The van der Waals surface area contributed by atoms with Crippen LogP contribution in [-0.2, 0) is 0 Å². The van der Waals surface area contributed by atoms with Crippen molar-refractivity contribution in [2.24, 2.45) is 0 Å². The second-order valence-corrected chi connectivity index (χ2v) is 6.29. The molecule has 0 radical (unpaired) electrons. The Morgan fingerprint density at radius 1 is 0.417 bits per heavy atom. The van der Waals surface area contributed by atoms with Crippen LogP contribution in [0.15, 0.2) is 66.9 Å². The molecule has 2 aromatic carbocycles. The predicted octanol–water partition coefficient (Wildman–Crippen LogP) is 6.31. The van der Waals surface area contributed by atoms with Gasteiger partial charge in [-0.05, 0) is 53.2 Å². The number of hydrogen-bond acceptors (Lipinski definition) is 1. The fourth-order valence-electron chi connectivity index (χ4n) is 1.82. The Labute approximate surface area is 147 Å². The molecule has 126 valence electrons. The van der Waals surface area contributed by atoms with Crippen LogP contribution in [0.5, 0.6) is 0 Å². The van der Waals surface area contributed by atoms with Crippen molar-refractivity contribution in [1.82, 2.24) is 4.98 Å². The first-order chi connectivity index (χ1) is 11.4. The Morgan fingerprint density at radius 2 is 0.708 bits per heavy atom. The first-order valence-corrected chi connectivity index (χ1v) is 8.32. The molecule has 0 saturated heterocycles. The SMILES string of the molecule is Cc1ccc(C)cc1.Cc1ccc(C)cc1.Cc1ccc(C)nc1. The molecule has 0 atom stereocenters. The highest BCUT2D eigenvalue weighted by Gasteiger charge is 1.82. The van der Waals surface area contributed by atoms with Crippen LogP contribution in [0, 0.1) is 41.5 Å². The Morgan fingerprint density at radius 3 is 0.917 bits per heavy atom. The summed E-state index contributed by atoms with van der Waals surface area (Å²) in [6.45, 7) is 12.4. The minimum Gasteiger partial charge on any atom is -0.261 e. The molecule has 0 fully saturated rings. The van der Waals surface area contributed by atoms with Crippen molar-refractivity contribution in [2.75, 3.05) is 0 Å². The molecule has 0 amide bonds. The monoisotopic (exact) mass is 319 g/mol. The van der Waals surface area contributed by atoms with E-state index in [0.717, 1.165) is 5.69 Å². The second kappa shape index (κ2) is 10.4. The zero-order chi connectivity index (χ0) is 17.9. The maximum Gasteiger partial charge on any atom is 0.0372 e. The van der Waals surface area contributed by atoms with E-state index in [1.807, 2.05) is 26.1 Å². The highest BCUT2D eigenvalue weighted by Crippen LogP contribution is 2.00. The van der Waals surface area contributed by atoms with Crippen molar-refractivity contribution in [2.45, 2.75) is 41.5 Å². The van der Waals surface area contributed by atoms with E-state index >= 15 is 0 Å². The van der Waals surface area contributed by atoms with Crippen LogP contribution in [0.25, 0.3) is 0 Å². The van der Waals surface area contributed by atoms with Gasteiger partial charge in [0.05, 0.1) is 0 Å². The number of hydrogen-bond donors (Lipinski definition) is 0. The third-order valence-electron chi connectivity index (χ3n) is 3.50. The third kappa shape index (κ3) is 8.89. The number of rotatable bonds is 0. The Bertz CT molecular complexity index is 526. The van der Waals surface area contributed by atoms with Crippen LogP contribution in [0.4, 0.5) is 0 Å². The van der Waals surface area contributed by atoms with Gasteiger partial charge in [0.2, 0.25) is 0 Å². The highest BCUT2D eigenvalue weighted by atomic mass is 14.6. The predicted molar refractivity (Wildman–Crippen MR) is 106 cm³/mol. The molecule has 0 aliphatic rings. The summed E-state index contributed by atoms with van der Waals surface area (Å²) in [7, 11) is 0. The van der Waals surface area contributed by atoms with Crippen molar-refractivity contribution in [3.63, 3.8) is 0 Å². The molecule has 0 bridgehead atoms. The lowest BCUT2D eigenvalue weighted by molar-refractivity contribution is 1.17. The quantitative estimate of drug-likeness (QED) is 0.473. The van der Waals surface area contributed by atoms with Gasteiger partial charge in [-0.25, -0.2) is 0 Å². The first kappa shape index (κ1) is 19.6. The van der Waals surface area contributed by atoms with Gasteiger partial charge in [-0.2, -0.15) is 0 Å². The van der Waals surface area contributed by atoms with E-state index in [9.17, 15) is 0 Å². The molecule has 1 heterocycles. The molecule has 1 nitrogen and oxygen atoms in total. The molecule has 1 aromatic heterocycles. The number of aromatic nitrogens is 1. The van der Waals surface area contributed by atoms with E-state index < -0.39 is 0 Å². The van der Waals surface area contributed by atoms with Crippen molar-refractivity contribution in [3.8, 4) is 0 Å². The Hall–Kier alpha value is -2.41. The van der Waals surface area contributed by atoms with Gasteiger partial charge in [0.1, 0.15) is 0 Å². The lowest BCUT2D eigenvalue weighted by atomic mass is 10.2. The van der Waals surface area contributed by atoms with Crippen LogP contribution in [0.3, 0.4) is 0 Å². The average Bonchev–Trinajstić information content (AvgIpc) is 2.57. The minimum absolute atomic E-state index is 1.08.